The molecule has 0 fully saturated rings. The van der Waals surface area contributed by atoms with E-state index in [0.29, 0.717) is 41.1 Å². The molecular formula is C25H20ClFN2O3. The van der Waals surface area contributed by atoms with Crippen LogP contribution in [-0.2, 0) is 11.2 Å². The molecule has 4 aromatic rings. The fraction of sp³-hybridized carbons (Fsp3) is 0.200. The number of aromatic nitrogens is 1. The monoisotopic (exact) mass is 450 g/mol. The third kappa shape index (κ3) is 3.66. The van der Waals surface area contributed by atoms with Crippen LogP contribution in [0.25, 0.3) is 33.7 Å². The maximum absolute atomic E-state index is 15.3. The highest BCUT2D eigenvalue weighted by atomic mass is 35.5. The highest BCUT2D eigenvalue weighted by Crippen LogP contribution is 2.40. The summed E-state index contributed by atoms with van der Waals surface area (Å²) in [5.41, 5.74) is 4.35. The van der Waals surface area contributed by atoms with E-state index in [2.05, 4.69) is 10.3 Å². The highest BCUT2D eigenvalue weighted by Gasteiger charge is 2.29. The summed E-state index contributed by atoms with van der Waals surface area (Å²) in [6.45, 7) is 0.324. The average molecular weight is 451 g/mol. The maximum atomic E-state index is 15.3. The number of benzene rings is 3. The number of carboxylic acids is 1. The summed E-state index contributed by atoms with van der Waals surface area (Å²) >= 11 is 6.70. The first-order valence-electron chi connectivity index (χ1n) is 10.4. The number of rotatable bonds is 6. The van der Waals surface area contributed by atoms with E-state index in [1.54, 1.807) is 6.07 Å². The van der Waals surface area contributed by atoms with Crippen molar-refractivity contribution in [3.05, 3.63) is 76.6 Å². The van der Waals surface area contributed by atoms with Gasteiger partial charge < -0.3 is 14.8 Å². The molecule has 0 spiro atoms. The Labute approximate surface area is 188 Å². The number of nitrogens with one attached hydrogen (secondary N) is 1. The number of halogens is 2. The number of oxazole rings is 1. The molecule has 1 heterocycles. The molecule has 1 aliphatic carbocycles. The van der Waals surface area contributed by atoms with Gasteiger partial charge in [-0.15, -0.1) is 0 Å². The van der Waals surface area contributed by atoms with E-state index >= 15 is 4.39 Å². The number of carbonyl (C=O) groups is 1. The van der Waals surface area contributed by atoms with Gasteiger partial charge in [-0.3, -0.25) is 4.79 Å². The number of hydrogen-bond donors (Lipinski definition) is 2. The van der Waals surface area contributed by atoms with Crippen LogP contribution >= 0.6 is 11.6 Å². The Morgan fingerprint density at radius 1 is 1.19 bits per heavy atom. The van der Waals surface area contributed by atoms with Gasteiger partial charge in [-0.1, -0.05) is 54.1 Å². The van der Waals surface area contributed by atoms with Gasteiger partial charge in [0.05, 0.1) is 17.0 Å². The molecule has 1 unspecified atom stereocenters. The predicted octanol–water partition coefficient (Wildman–Crippen LogP) is 6.01. The molecule has 0 bridgehead atoms. The van der Waals surface area contributed by atoms with E-state index in [1.165, 1.54) is 0 Å². The van der Waals surface area contributed by atoms with E-state index in [-0.39, 0.29) is 23.9 Å². The third-order valence-electron chi connectivity index (χ3n) is 5.86. The van der Waals surface area contributed by atoms with Gasteiger partial charge >= 0.3 is 5.97 Å². The van der Waals surface area contributed by atoms with Crippen molar-refractivity contribution in [2.45, 2.75) is 25.3 Å². The lowest BCUT2D eigenvalue weighted by molar-refractivity contribution is -0.136. The summed E-state index contributed by atoms with van der Waals surface area (Å²) in [7, 11) is 0. The molecular weight excluding hydrogens is 431 g/mol. The number of carboxylic acid groups (broad SMARTS) is 1. The normalized spacial score (nSPS) is 15.2. The molecule has 1 atom stereocenters. The molecule has 0 saturated carbocycles. The molecule has 0 saturated heterocycles. The Hall–Kier alpha value is -3.22. The molecule has 0 aliphatic heterocycles. The summed E-state index contributed by atoms with van der Waals surface area (Å²) in [6.07, 6.45) is 1.28. The van der Waals surface area contributed by atoms with Crippen molar-refractivity contribution in [2.24, 2.45) is 0 Å². The molecule has 162 valence electrons. The van der Waals surface area contributed by atoms with Crippen LogP contribution in [-0.4, -0.2) is 22.6 Å². The fourth-order valence-corrected chi connectivity index (χ4v) is 4.63. The zero-order valence-corrected chi connectivity index (χ0v) is 17.8. The molecule has 0 amide bonds. The van der Waals surface area contributed by atoms with Crippen molar-refractivity contribution in [3.63, 3.8) is 0 Å². The minimum atomic E-state index is -0.867. The molecule has 0 radical (unpaired) electrons. The lowest BCUT2D eigenvalue weighted by atomic mass is 10.0. The summed E-state index contributed by atoms with van der Waals surface area (Å²) < 4.78 is 21.1. The Morgan fingerprint density at radius 2 is 1.97 bits per heavy atom. The van der Waals surface area contributed by atoms with Crippen LogP contribution in [0.2, 0.25) is 5.02 Å². The van der Waals surface area contributed by atoms with Crippen LogP contribution in [0.4, 0.5) is 4.39 Å². The SMILES string of the molecule is O=C(O)CCNC1CCc2c1cc1nc(-c3cccc(-c4ccccc4)c3Cl)oc1c2F. The summed E-state index contributed by atoms with van der Waals surface area (Å²) in [5, 5.41) is 12.6. The number of nitrogens with zero attached hydrogens (tertiary/aromatic N) is 1. The Morgan fingerprint density at radius 3 is 2.75 bits per heavy atom. The lowest BCUT2D eigenvalue weighted by Gasteiger charge is -2.13. The van der Waals surface area contributed by atoms with Crippen molar-refractivity contribution in [1.82, 2.24) is 10.3 Å². The molecule has 7 heteroatoms. The standard InChI is InChI=1S/C25H20ClFN2O3/c26-22-15(14-5-2-1-3-6-14)7-4-8-17(22)25-29-20-13-18-16(23(27)24(20)32-25)9-10-19(18)28-12-11-21(30)31/h1-8,13,19,28H,9-12H2,(H,30,31). The van der Waals surface area contributed by atoms with E-state index in [0.717, 1.165) is 16.7 Å². The molecule has 1 aromatic heterocycles. The van der Waals surface area contributed by atoms with E-state index < -0.39 is 11.8 Å². The molecule has 5 rings (SSSR count). The second-order valence-corrected chi connectivity index (χ2v) is 8.23. The van der Waals surface area contributed by atoms with Gasteiger partial charge in [0.15, 0.2) is 11.4 Å². The van der Waals surface area contributed by atoms with Crippen molar-refractivity contribution in [2.75, 3.05) is 6.54 Å². The van der Waals surface area contributed by atoms with Crippen molar-refractivity contribution < 1.29 is 18.7 Å². The quantitative estimate of drug-likeness (QED) is 0.376. The number of aliphatic carboxylic acids is 1. The summed E-state index contributed by atoms with van der Waals surface area (Å²) in [6, 6.07) is 17.1. The van der Waals surface area contributed by atoms with Gasteiger partial charge in [0, 0.05) is 18.2 Å². The van der Waals surface area contributed by atoms with Crippen molar-refractivity contribution in [3.8, 4) is 22.6 Å². The zero-order valence-electron chi connectivity index (χ0n) is 17.1. The fourth-order valence-electron chi connectivity index (χ4n) is 4.31. The van der Waals surface area contributed by atoms with Crippen LogP contribution in [0.5, 0.6) is 0 Å². The smallest absolute Gasteiger partial charge is 0.304 e. The molecule has 2 N–H and O–H groups in total. The second kappa shape index (κ2) is 8.37. The van der Waals surface area contributed by atoms with Gasteiger partial charge in [0.25, 0.3) is 0 Å². The zero-order chi connectivity index (χ0) is 22.2. The highest BCUT2D eigenvalue weighted by molar-refractivity contribution is 6.36. The molecule has 3 aromatic carbocycles. The second-order valence-electron chi connectivity index (χ2n) is 7.85. The lowest BCUT2D eigenvalue weighted by Crippen LogP contribution is -2.22. The maximum Gasteiger partial charge on any atom is 0.304 e. The van der Waals surface area contributed by atoms with E-state index in [4.69, 9.17) is 21.1 Å². The predicted molar refractivity (Wildman–Crippen MR) is 121 cm³/mol. The minimum absolute atomic E-state index is 0.0148. The van der Waals surface area contributed by atoms with Crippen LogP contribution in [0.3, 0.4) is 0 Å². The Balaban J connectivity index is 1.53. The first-order chi connectivity index (χ1) is 15.5. The first kappa shape index (κ1) is 20.7. The van der Waals surface area contributed by atoms with E-state index in [1.807, 2.05) is 48.5 Å². The number of fused-ring (bicyclic) bond motifs is 2. The van der Waals surface area contributed by atoms with E-state index in [9.17, 15) is 4.79 Å². The summed E-state index contributed by atoms with van der Waals surface area (Å²) in [4.78, 5) is 15.3. The Kier molecular flexibility index (Phi) is 5.41. The van der Waals surface area contributed by atoms with Gasteiger partial charge in [-0.05, 0) is 41.7 Å². The average Bonchev–Trinajstić information content (AvgIpc) is 3.39. The number of hydrogen-bond acceptors (Lipinski definition) is 4. The van der Waals surface area contributed by atoms with Crippen LogP contribution in [0, 0.1) is 5.82 Å². The van der Waals surface area contributed by atoms with Crippen molar-refractivity contribution in [1.29, 1.82) is 0 Å². The van der Waals surface area contributed by atoms with Crippen LogP contribution in [0.15, 0.2) is 59.0 Å². The van der Waals surface area contributed by atoms with Gasteiger partial charge in [-0.25, -0.2) is 9.37 Å². The van der Waals surface area contributed by atoms with Gasteiger partial charge in [0.2, 0.25) is 5.89 Å². The largest absolute Gasteiger partial charge is 0.481 e. The van der Waals surface area contributed by atoms with Crippen LogP contribution < -0.4 is 5.32 Å². The van der Waals surface area contributed by atoms with Crippen LogP contribution in [0.1, 0.15) is 30.0 Å². The summed E-state index contributed by atoms with van der Waals surface area (Å²) in [5.74, 6) is -1.01. The molecule has 5 nitrogen and oxygen atoms in total. The van der Waals surface area contributed by atoms with Crippen molar-refractivity contribution >= 4 is 28.7 Å². The molecule has 32 heavy (non-hydrogen) atoms. The molecule has 1 aliphatic rings. The van der Waals surface area contributed by atoms with Gasteiger partial charge in [0.1, 0.15) is 5.52 Å². The van der Waals surface area contributed by atoms with Gasteiger partial charge in [-0.2, -0.15) is 0 Å². The minimum Gasteiger partial charge on any atom is -0.481 e. The Bertz CT molecular complexity index is 1320. The first-order valence-corrected chi connectivity index (χ1v) is 10.8. The topological polar surface area (TPSA) is 75.4 Å². The third-order valence-corrected chi connectivity index (χ3v) is 6.27.